The number of benzene rings is 1. The molecule has 144 valence electrons. The van der Waals surface area contributed by atoms with E-state index in [0.29, 0.717) is 13.1 Å². The number of unbranched alkanes of at least 4 members (excludes halogenated alkanes) is 7. The molecule has 0 amide bonds. The van der Waals surface area contributed by atoms with Gasteiger partial charge in [0.15, 0.2) is 6.29 Å². The fraction of sp³-hybridized carbons (Fsp3) is 0.714. The largest absolute Gasteiger partial charge is 0.392 e. The Hall–Kier alpha value is -0.940. The molecule has 0 saturated carbocycles. The van der Waals surface area contributed by atoms with E-state index in [1.165, 1.54) is 44.9 Å². The third-order valence-electron chi connectivity index (χ3n) is 4.53. The van der Waals surface area contributed by atoms with E-state index in [2.05, 4.69) is 6.92 Å². The maximum absolute atomic E-state index is 10.3. The first-order chi connectivity index (χ1) is 12.1. The second-order valence-corrected chi connectivity index (χ2v) is 7.08. The van der Waals surface area contributed by atoms with Crippen LogP contribution in [0.5, 0.6) is 0 Å². The van der Waals surface area contributed by atoms with Gasteiger partial charge in [0.05, 0.1) is 6.10 Å². The molecule has 0 saturated heterocycles. The van der Waals surface area contributed by atoms with Gasteiger partial charge in [0, 0.05) is 19.6 Å². The highest BCUT2D eigenvalue weighted by atomic mass is 16.5. The second-order valence-electron chi connectivity index (χ2n) is 7.08. The Morgan fingerprint density at radius 2 is 1.40 bits per heavy atom. The lowest BCUT2D eigenvalue weighted by Gasteiger charge is -2.26. The summed E-state index contributed by atoms with van der Waals surface area (Å²) in [6.07, 6.45) is 9.05. The van der Waals surface area contributed by atoms with Crippen molar-refractivity contribution < 1.29 is 15.3 Å². The highest BCUT2D eigenvalue weighted by Crippen LogP contribution is 2.12. The standard InChI is InChI=1S/C21H37NO3/c1-2-3-4-5-6-7-8-12-15-20(23)17-22(18-21(24)25)16-19-13-10-9-11-14-19/h9-11,13-14,20-21,23-25H,2-8,12,15-18H2,1H3. The Labute approximate surface area is 153 Å². The van der Waals surface area contributed by atoms with Crippen LogP contribution in [0.25, 0.3) is 0 Å². The topological polar surface area (TPSA) is 63.9 Å². The maximum Gasteiger partial charge on any atom is 0.164 e. The van der Waals surface area contributed by atoms with E-state index in [9.17, 15) is 15.3 Å². The normalized spacial score (nSPS) is 12.9. The average Bonchev–Trinajstić information content (AvgIpc) is 2.57. The lowest BCUT2D eigenvalue weighted by atomic mass is 10.1. The van der Waals surface area contributed by atoms with E-state index < -0.39 is 12.4 Å². The predicted molar refractivity (Wildman–Crippen MR) is 103 cm³/mol. The summed E-state index contributed by atoms with van der Waals surface area (Å²) in [5.74, 6) is 0. The number of rotatable bonds is 15. The van der Waals surface area contributed by atoms with Crippen molar-refractivity contribution >= 4 is 0 Å². The van der Waals surface area contributed by atoms with Crippen LogP contribution in [0.4, 0.5) is 0 Å². The Bertz CT molecular complexity index is 411. The van der Waals surface area contributed by atoms with Crippen molar-refractivity contribution in [2.45, 2.75) is 83.6 Å². The SMILES string of the molecule is CCCCCCCCCCC(O)CN(Cc1ccccc1)CC(O)O. The van der Waals surface area contributed by atoms with E-state index >= 15 is 0 Å². The number of aliphatic hydroxyl groups excluding tert-OH is 2. The molecular formula is C21H37NO3. The molecule has 4 heteroatoms. The molecule has 3 N–H and O–H groups in total. The summed E-state index contributed by atoms with van der Waals surface area (Å²) in [4.78, 5) is 1.91. The molecule has 0 aliphatic carbocycles. The van der Waals surface area contributed by atoms with Gasteiger partial charge in [0.2, 0.25) is 0 Å². The quantitative estimate of drug-likeness (QED) is 0.333. The summed E-state index contributed by atoms with van der Waals surface area (Å²) in [6.45, 7) is 3.48. The van der Waals surface area contributed by atoms with Gasteiger partial charge in [0.25, 0.3) is 0 Å². The molecule has 1 atom stereocenters. The summed E-state index contributed by atoms with van der Waals surface area (Å²) in [6, 6.07) is 9.94. The fourth-order valence-electron chi connectivity index (χ4n) is 3.18. The minimum absolute atomic E-state index is 0.156. The molecule has 0 bridgehead atoms. The Kier molecular flexibility index (Phi) is 12.6. The number of aliphatic hydroxyl groups is 3. The first-order valence-electron chi connectivity index (χ1n) is 9.92. The molecule has 0 heterocycles. The highest BCUT2D eigenvalue weighted by Gasteiger charge is 2.14. The Morgan fingerprint density at radius 1 is 0.800 bits per heavy atom. The van der Waals surface area contributed by atoms with Crippen molar-refractivity contribution in [1.82, 2.24) is 4.90 Å². The number of hydrogen-bond donors (Lipinski definition) is 3. The summed E-state index contributed by atoms with van der Waals surface area (Å²) >= 11 is 0. The molecule has 0 aliphatic rings. The summed E-state index contributed by atoms with van der Waals surface area (Å²) in [7, 11) is 0. The smallest absolute Gasteiger partial charge is 0.164 e. The van der Waals surface area contributed by atoms with Crippen LogP contribution in [0, 0.1) is 0 Å². The van der Waals surface area contributed by atoms with Crippen LogP contribution >= 0.6 is 0 Å². The molecule has 25 heavy (non-hydrogen) atoms. The van der Waals surface area contributed by atoms with E-state index in [0.717, 1.165) is 18.4 Å². The Balaban J connectivity index is 2.22. The molecule has 1 aromatic rings. The third kappa shape index (κ3) is 12.1. The molecule has 0 aliphatic heterocycles. The van der Waals surface area contributed by atoms with Gasteiger partial charge in [-0.25, -0.2) is 0 Å². The zero-order chi connectivity index (χ0) is 18.3. The van der Waals surface area contributed by atoms with Gasteiger partial charge in [-0.2, -0.15) is 0 Å². The van der Waals surface area contributed by atoms with E-state index in [4.69, 9.17) is 0 Å². The molecule has 0 fully saturated rings. The van der Waals surface area contributed by atoms with Crippen LogP contribution in [-0.4, -0.2) is 45.7 Å². The first-order valence-corrected chi connectivity index (χ1v) is 9.92. The lowest BCUT2D eigenvalue weighted by Crippen LogP contribution is -2.37. The fourth-order valence-corrected chi connectivity index (χ4v) is 3.18. The van der Waals surface area contributed by atoms with Gasteiger partial charge < -0.3 is 15.3 Å². The maximum atomic E-state index is 10.3. The molecular weight excluding hydrogens is 314 g/mol. The molecule has 0 spiro atoms. The molecule has 0 radical (unpaired) electrons. The van der Waals surface area contributed by atoms with Crippen molar-refractivity contribution in [3.63, 3.8) is 0 Å². The van der Waals surface area contributed by atoms with Gasteiger partial charge in [-0.05, 0) is 12.0 Å². The summed E-state index contributed by atoms with van der Waals surface area (Å²) in [5.41, 5.74) is 1.11. The molecule has 1 aromatic carbocycles. The minimum atomic E-state index is -1.38. The van der Waals surface area contributed by atoms with Gasteiger partial charge in [-0.15, -0.1) is 0 Å². The van der Waals surface area contributed by atoms with Gasteiger partial charge in [-0.3, -0.25) is 4.90 Å². The van der Waals surface area contributed by atoms with Gasteiger partial charge in [-0.1, -0.05) is 88.6 Å². The minimum Gasteiger partial charge on any atom is -0.392 e. The zero-order valence-corrected chi connectivity index (χ0v) is 15.8. The van der Waals surface area contributed by atoms with Crippen molar-refractivity contribution in [3.05, 3.63) is 35.9 Å². The van der Waals surface area contributed by atoms with Gasteiger partial charge >= 0.3 is 0 Å². The second kappa shape index (κ2) is 14.3. The van der Waals surface area contributed by atoms with E-state index in [-0.39, 0.29) is 6.54 Å². The van der Waals surface area contributed by atoms with Crippen molar-refractivity contribution in [2.75, 3.05) is 13.1 Å². The van der Waals surface area contributed by atoms with E-state index in [1.807, 2.05) is 35.2 Å². The lowest BCUT2D eigenvalue weighted by molar-refractivity contribution is -0.0681. The predicted octanol–water partition coefficient (Wildman–Crippen LogP) is 3.69. The highest BCUT2D eigenvalue weighted by molar-refractivity contribution is 5.14. The number of nitrogens with zero attached hydrogens (tertiary/aromatic N) is 1. The van der Waals surface area contributed by atoms with E-state index in [1.54, 1.807) is 0 Å². The van der Waals surface area contributed by atoms with Crippen LogP contribution in [0.15, 0.2) is 30.3 Å². The Morgan fingerprint density at radius 3 is 2.00 bits per heavy atom. The zero-order valence-electron chi connectivity index (χ0n) is 15.8. The molecule has 0 aromatic heterocycles. The van der Waals surface area contributed by atoms with Crippen LogP contribution in [-0.2, 0) is 6.54 Å². The summed E-state index contributed by atoms with van der Waals surface area (Å²) in [5, 5.41) is 28.8. The van der Waals surface area contributed by atoms with Crippen LogP contribution in [0.1, 0.15) is 70.3 Å². The van der Waals surface area contributed by atoms with Crippen molar-refractivity contribution in [1.29, 1.82) is 0 Å². The average molecular weight is 352 g/mol. The van der Waals surface area contributed by atoms with Crippen LogP contribution < -0.4 is 0 Å². The van der Waals surface area contributed by atoms with Crippen molar-refractivity contribution in [3.8, 4) is 0 Å². The van der Waals surface area contributed by atoms with Crippen LogP contribution in [0.2, 0.25) is 0 Å². The van der Waals surface area contributed by atoms with Crippen molar-refractivity contribution in [2.24, 2.45) is 0 Å². The number of hydrogen-bond acceptors (Lipinski definition) is 4. The monoisotopic (exact) mass is 351 g/mol. The van der Waals surface area contributed by atoms with Crippen LogP contribution in [0.3, 0.4) is 0 Å². The molecule has 1 rings (SSSR count). The molecule has 1 unspecified atom stereocenters. The third-order valence-corrected chi connectivity index (χ3v) is 4.53. The summed E-state index contributed by atoms with van der Waals surface area (Å²) < 4.78 is 0. The molecule has 4 nitrogen and oxygen atoms in total. The van der Waals surface area contributed by atoms with Gasteiger partial charge in [0.1, 0.15) is 0 Å². The first kappa shape index (κ1) is 22.1.